The van der Waals surface area contributed by atoms with Gasteiger partial charge in [0.05, 0.1) is 5.92 Å². The number of unbranched alkanes of at least 4 members (excludes halogenated alkanes) is 3. The third-order valence-corrected chi connectivity index (χ3v) is 4.73. The van der Waals surface area contributed by atoms with E-state index >= 15 is 0 Å². The van der Waals surface area contributed by atoms with Gasteiger partial charge in [0.15, 0.2) is 0 Å². The van der Waals surface area contributed by atoms with Crippen molar-refractivity contribution >= 4 is 14.3 Å². The summed E-state index contributed by atoms with van der Waals surface area (Å²) in [6.07, 6.45) is 25.6. The highest BCUT2D eigenvalue weighted by Crippen LogP contribution is 2.14. The zero-order valence-electron chi connectivity index (χ0n) is 10.4. The van der Waals surface area contributed by atoms with Gasteiger partial charge in [0.25, 0.3) is 0 Å². The molecule has 1 rings (SSSR count). The second kappa shape index (κ2) is 7.88. The summed E-state index contributed by atoms with van der Waals surface area (Å²) in [5.74, 6) is 5.04. The van der Waals surface area contributed by atoms with E-state index in [1.807, 2.05) is 18.2 Å². The van der Waals surface area contributed by atoms with Gasteiger partial charge in [-0.2, -0.15) is 0 Å². The molecule has 1 aliphatic carbocycles. The van der Waals surface area contributed by atoms with Gasteiger partial charge in [-0.25, -0.2) is 0 Å². The Bertz CT molecular complexity index is 410. The van der Waals surface area contributed by atoms with Crippen LogP contribution in [0.3, 0.4) is 0 Å². The van der Waals surface area contributed by atoms with Crippen LogP contribution >= 0.6 is 0 Å². The highest BCUT2D eigenvalue weighted by Gasteiger charge is 2.13. The van der Waals surface area contributed by atoms with Gasteiger partial charge in [-0.3, -0.25) is 0 Å². The average molecular weight is 238 g/mol. The lowest BCUT2D eigenvalue weighted by atomic mass is 9.95. The van der Waals surface area contributed by atoms with Crippen LogP contribution in [0.2, 0.25) is 6.04 Å². The van der Waals surface area contributed by atoms with Crippen molar-refractivity contribution in [2.24, 2.45) is 5.92 Å². The van der Waals surface area contributed by atoms with Crippen LogP contribution in [-0.4, -0.2) is 14.3 Å². The minimum absolute atomic E-state index is 0.00553. The summed E-state index contributed by atoms with van der Waals surface area (Å²) >= 11 is 0. The molecule has 1 heteroatoms. The second-order valence-corrected chi connectivity index (χ2v) is 5.83. The zero-order chi connectivity index (χ0) is 12.5. The quantitative estimate of drug-likeness (QED) is 0.392. The maximum atomic E-state index is 7.31. The molecule has 0 bridgehead atoms. The molecule has 17 heavy (non-hydrogen) atoms. The van der Waals surface area contributed by atoms with E-state index in [1.165, 1.54) is 36.9 Å². The Labute approximate surface area is 108 Å². The normalized spacial score (nSPS) is 20.8. The first kappa shape index (κ1) is 13.8. The van der Waals surface area contributed by atoms with E-state index in [2.05, 4.69) is 18.8 Å². The van der Waals surface area contributed by atoms with E-state index in [0.717, 1.165) is 5.57 Å². The average Bonchev–Trinajstić information content (AvgIpc) is 2.38. The smallest absolute Gasteiger partial charge is 0.0612 e. The predicted octanol–water partition coefficient (Wildman–Crippen LogP) is 2.89. The Kier molecular flexibility index (Phi) is 6.37. The topological polar surface area (TPSA) is 0 Å². The third-order valence-electron chi connectivity index (χ3n) is 2.92. The van der Waals surface area contributed by atoms with Crippen molar-refractivity contribution in [3.8, 4) is 11.8 Å². The minimum atomic E-state index is -0.00553. The maximum absolute atomic E-state index is 7.31. The largest absolute Gasteiger partial charge is 0.0771 e. The summed E-state index contributed by atoms with van der Waals surface area (Å²) in [6, 6.07) is 1.22. The van der Waals surface area contributed by atoms with Gasteiger partial charge >= 0.3 is 0 Å². The molecule has 0 spiro atoms. The Morgan fingerprint density at radius 1 is 1.29 bits per heavy atom. The SMILES string of the molecule is [C]#CC1=CC=CC(C#[C])C1=[SiH]CCCCCC. The maximum Gasteiger partial charge on any atom is 0.0612 e. The van der Waals surface area contributed by atoms with Crippen molar-refractivity contribution < 1.29 is 0 Å². The number of allylic oxidation sites excluding steroid dienone is 4. The summed E-state index contributed by atoms with van der Waals surface area (Å²) in [4.78, 5) is 0. The highest BCUT2D eigenvalue weighted by molar-refractivity contribution is 6.59. The first-order valence-electron chi connectivity index (χ1n) is 6.27. The second-order valence-electron chi connectivity index (χ2n) is 4.22. The standard InChI is InChI=1S/C16H18Si/c1-4-7-8-9-13-17-16-14(5-2)11-10-12-15(16)6-3/h10-12,14,17H,4,7-9,13H2,1H3. The molecule has 1 atom stereocenters. The van der Waals surface area contributed by atoms with Gasteiger partial charge in [-0.1, -0.05) is 56.6 Å². The molecular weight excluding hydrogens is 220 g/mol. The monoisotopic (exact) mass is 238 g/mol. The minimum Gasteiger partial charge on any atom is -0.0771 e. The van der Waals surface area contributed by atoms with Crippen molar-refractivity contribution in [1.29, 1.82) is 0 Å². The van der Waals surface area contributed by atoms with Gasteiger partial charge in [0, 0.05) is 14.7 Å². The lowest BCUT2D eigenvalue weighted by molar-refractivity contribution is 0.701. The Hall–Kier alpha value is -1.31. The molecule has 0 amide bonds. The van der Waals surface area contributed by atoms with Gasteiger partial charge in [-0.05, 0) is 30.1 Å². The highest BCUT2D eigenvalue weighted by atomic mass is 28.2. The predicted molar refractivity (Wildman–Crippen MR) is 76.1 cm³/mol. The van der Waals surface area contributed by atoms with Crippen molar-refractivity contribution in [1.82, 2.24) is 0 Å². The van der Waals surface area contributed by atoms with E-state index in [-0.39, 0.29) is 15.0 Å². The molecule has 0 aromatic heterocycles. The lowest BCUT2D eigenvalue weighted by Gasteiger charge is -2.15. The molecule has 1 unspecified atom stereocenters. The molecule has 0 saturated heterocycles. The molecule has 86 valence electrons. The van der Waals surface area contributed by atoms with Crippen LogP contribution in [0, 0.1) is 30.6 Å². The third kappa shape index (κ3) is 4.21. The summed E-state index contributed by atoms with van der Waals surface area (Å²) < 4.78 is 0. The van der Waals surface area contributed by atoms with E-state index in [1.54, 1.807) is 0 Å². The molecule has 0 aromatic carbocycles. The van der Waals surface area contributed by atoms with E-state index < -0.39 is 0 Å². The molecular formula is C16H18Si. The Morgan fingerprint density at radius 3 is 2.76 bits per heavy atom. The summed E-state index contributed by atoms with van der Waals surface area (Å²) in [7, 11) is 0.176. The van der Waals surface area contributed by atoms with E-state index in [9.17, 15) is 0 Å². The van der Waals surface area contributed by atoms with Crippen LogP contribution in [0.25, 0.3) is 0 Å². The van der Waals surface area contributed by atoms with Crippen LogP contribution < -0.4 is 0 Å². The van der Waals surface area contributed by atoms with Crippen LogP contribution in [-0.2, 0) is 0 Å². The van der Waals surface area contributed by atoms with Crippen LogP contribution in [0.4, 0.5) is 0 Å². The van der Waals surface area contributed by atoms with Crippen molar-refractivity contribution in [2.75, 3.05) is 0 Å². The molecule has 0 nitrogen and oxygen atoms in total. The van der Waals surface area contributed by atoms with E-state index in [4.69, 9.17) is 12.8 Å². The summed E-state index contributed by atoms with van der Waals surface area (Å²) in [6.45, 7) is 2.22. The fourth-order valence-electron chi connectivity index (χ4n) is 1.94. The molecule has 0 fully saturated rings. The summed E-state index contributed by atoms with van der Waals surface area (Å²) in [5.41, 5.74) is 0.878. The van der Waals surface area contributed by atoms with Crippen molar-refractivity contribution in [3.63, 3.8) is 0 Å². The van der Waals surface area contributed by atoms with Gasteiger partial charge < -0.3 is 0 Å². The molecule has 1 aliphatic rings. The fraction of sp³-hybridized carbons (Fsp3) is 0.438. The number of hydrogen-bond acceptors (Lipinski definition) is 0. The molecule has 0 N–H and O–H groups in total. The van der Waals surface area contributed by atoms with E-state index in [0.29, 0.717) is 0 Å². The van der Waals surface area contributed by atoms with Crippen molar-refractivity contribution in [3.05, 3.63) is 36.6 Å². The molecule has 0 aromatic rings. The lowest BCUT2D eigenvalue weighted by Crippen LogP contribution is -2.19. The first-order chi connectivity index (χ1) is 8.33. The van der Waals surface area contributed by atoms with Gasteiger partial charge in [0.2, 0.25) is 0 Å². The van der Waals surface area contributed by atoms with Gasteiger partial charge in [-0.15, -0.1) is 0 Å². The zero-order valence-corrected chi connectivity index (χ0v) is 11.6. The molecule has 2 radical (unpaired) electrons. The Morgan fingerprint density at radius 2 is 2.12 bits per heavy atom. The fourth-order valence-corrected chi connectivity index (χ4v) is 3.58. The number of hydrogen-bond donors (Lipinski definition) is 0. The molecule has 0 aliphatic heterocycles. The van der Waals surface area contributed by atoms with Crippen LogP contribution in [0.15, 0.2) is 23.8 Å². The Balaban J connectivity index is 2.62. The summed E-state index contributed by atoms with van der Waals surface area (Å²) in [5, 5.41) is 1.22. The first-order valence-corrected chi connectivity index (χ1v) is 7.66. The number of rotatable bonds is 5. The van der Waals surface area contributed by atoms with Crippen LogP contribution in [0.1, 0.15) is 32.6 Å². The van der Waals surface area contributed by atoms with Crippen LogP contribution in [0.5, 0.6) is 0 Å². The van der Waals surface area contributed by atoms with Gasteiger partial charge in [0.1, 0.15) is 0 Å². The molecule has 0 saturated carbocycles. The van der Waals surface area contributed by atoms with Crippen molar-refractivity contribution in [2.45, 2.75) is 38.7 Å². The molecule has 0 heterocycles.